The number of rotatable bonds is 3. The van der Waals surface area contributed by atoms with Crippen LogP contribution in [0.15, 0.2) is 28.2 Å². The van der Waals surface area contributed by atoms with Gasteiger partial charge >= 0.3 is 5.97 Å². The van der Waals surface area contributed by atoms with E-state index in [1.165, 1.54) is 23.9 Å². The molecule has 0 fully saturated rings. The number of aromatic amines is 1. The van der Waals surface area contributed by atoms with Crippen molar-refractivity contribution < 1.29 is 15.0 Å². The molecule has 106 valence electrons. The number of phenols is 1. The molecule has 3 N–H and O–H groups in total. The van der Waals surface area contributed by atoms with Crippen LogP contribution < -0.4 is 5.56 Å². The fourth-order valence-corrected chi connectivity index (χ4v) is 2.10. The zero-order valence-corrected chi connectivity index (χ0v) is 11.6. The number of benzene rings is 1. The average Bonchev–Trinajstić information content (AvgIpc) is 2.45. The summed E-state index contributed by atoms with van der Waals surface area (Å²) in [5, 5.41) is 27.9. The van der Waals surface area contributed by atoms with Crippen LogP contribution in [0.4, 0.5) is 0 Å². The van der Waals surface area contributed by atoms with Crippen molar-refractivity contribution >= 4 is 17.7 Å². The molecule has 0 unspecified atom stereocenters. The van der Waals surface area contributed by atoms with E-state index in [1.54, 1.807) is 12.3 Å². The number of aromatic nitrogens is 2. The van der Waals surface area contributed by atoms with Crippen LogP contribution in [0.1, 0.15) is 15.9 Å². The van der Waals surface area contributed by atoms with E-state index in [9.17, 15) is 14.7 Å². The molecule has 0 amide bonds. The Hall–Kier alpha value is -2.79. The molecule has 1 aromatic heterocycles. The van der Waals surface area contributed by atoms with Gasteiger partial charge in [-0.1, -0.05) is 17.8 Å². The van der Waals surface area contributed by atoms with Gasteiger partial charge in [-0.2, -0.15) is 5.26 Å². The zero-order valence-electron chi connectivity index (χ0n) is 10.7. The number of aromatic hydroxyl groups is 1. The van der Waals surface area contributed by atoms with E-state index in [-0.39, 0.29) is 22.4 Å². The topological polar surface area (TPSA) is 127 Å². The Labute approximate surface area is 122 Å². The van der Waals surface area contributed by atoms with Gasteiger partial charge in [0.15, 0.2) is 5.16 Å². The summed E-state index contributed by atoms with van der Waals surface area (Å²) in [4.78, 5) is 29.2. The summed E-state index contributed by atoms with van der Waals surface area (Å²) >= 11 is 1.19. The van der Waals surface area contributed by atoms with Crippen molar-refractivity contribution in [2.75, 3.05) is 6.26 Å². The van der Waals surface area contributed by atoms with Gasteiger partial charge in [-0.25, -0.2) is 9.78 Å². The second kappa shape index (κ2) is 5.68. The number of carboxylic acid groups (broad SMARTS) is 1. The minimum absolute atomic E-state index is 0.0952. The smallest absolute Gasteiger partial charge is 0.339 e. The molecule has 7 nitrogen and oxygen atoms in total. The van der Waals surface area contributed by atoms with Gasteiger partial charge in [0.25, 0.3) is 5.56 Å². The third-order valence-corrected chi connectivity index (χ3v) is 3.28. The van der Waals surface area contributed by atoms with E-state index in [2.05, 4.69) is 9.97 Å². The number of nitriles is 1. The molecule has 0 aliphatic carbocycles. The lowest BCUT2D eigenvalue weighted by molar-refractivity contribution is 0.0694. The number of H-pyrrole nitrogens is 1. The number of carboxylic acids is 1. The van der Waals surface area contributed by atoms with E-state index in [1.807, 2.05) is 0 Å². The van der Waals surface area contributed by atoms with Crippen LogP contribution in [0.25, 0.3) is 11.3 Å². The van der Waals surface area contributed by atoms with Gasteiger partial charge < -0.3 is 15.2 Å². The normalized spacial score (nSPS) is 10.1. The van der Waals surface area contributed by atoms with E-state index in [0.29, 0.717) is 5.16 Å². The number of aromatic carboxylic acids is 1. The van der Waals surface area contributed by atoms with Crippen LogP contribution in [0.5, 0.6) is 5.75 Å². The molecule has 0 spiro atoms. The van der Waals surface area contributed by atoms with Gasteiger partial charge in [-0.05, 0) is 18.4 Å². The molecule has 0 aliphatic rings. The van der Waals surface area contributed by atoms with Crippen molar-refractivity contribution in [2.24, 2.45) is 0 Å². The second-order valence-electron chi connectivity index (χ2n) is 3.95. The summed E-state index contributed by atoms with van der Waals surface area (Å²) in [6.45, 7) is 0. The maximum atomic E-state index is 11.8. The van der Waals surface area contributed by atoms with Crippen LogP contribution in [0, 0.1) is 11.3 Å². The van der Waals surface area contributed by atoms with Gasteiger partial charge in [0.2, 0.25) is 0 Å². The molecule has 8 heteroatoms. The minimum atomic E-state index is -1.27. The van der Waals surface area contributed by atoms with Crippen molar-refractivity contribution in [3.63, 3.8) is 0 Å². The highest BCUT2D eigenvalue weighted by Crippen LogP contribution is 2.27. The fraction of sp³-hybridized carbons (Fsp3) is 0.0769. The minimum Gasteiger partial charge on any atom is -0.507 e. The molecule has 2 rings (SSSR count). The van der Waals surface area contributed by atoms with Crippen LogP contribution in [-0.2, 0) is 0 Å². The quantitative estimate of drug-likeness (QED) is 0.578. The SMILES string of the molecule is CSc1nc(-c2ccc(C(=O)O)c(O)c2)c(C#N)c(=O)[nH]1. The highest BCUT2D eigenvalue weighted by molar-refractivity contribution is 7.98. The van der Waals surface area contributed by atoms with Crippen LogP contribution in [-0.4, -0.2) is 32.4 Å². The molecule has 1 heterocycles. The van der Waals surface area contributed by atoms with Crippen LogP contribution >= 0.6 is 11.8 Å². The lowest BCUT2D eigenvalue weighted by Crippen LogP contribution is -2.14. The van der Waals surface area contributed by atoms with Crippen LogP contribution in [0.3, 0.4) is 0 Å². The second-order valence-corrected chi connectivity index (χ2v) is 4.74. The lowest BCUT2D eigenvalue weighted by atomic mass is 10.0. The molecule has 0 radical (unpaired) electrons. The van der Waals surface area contributed by atoms with Crippen LogP contribution in [0.2, 0.25) is 0 Å². The molecule has 2 aromatic rings. The standard InChI is InChI=1S/C13H9N3O4S/c1-21-13-15-10(8(5-14)11(18)16-13)6-2-3-7(12(19)20)9(17)4-6/h2-4,17H,1H3,(H,19,20)(H,15,16,18). The highest BCUT2D eigenvalue weighted by Gasteiger charge is 2.16. The molecule has 0 bridgehead atoms. The first-order chi connectivity index (χ1) is 9.97. The summed E-state index contributed by atoms with van der Waals surface area (Å²) in [5.74, 6) is -1.74. The first-order valence-corrected chi connectivity index (χ1v) is 6.85. The molecule has 0 saturated carbocycles. The maximum Gasteiger partial charge on any atom is 0.339 e. The summed E-state index contributed by atoms with van der Waals surface area (Å²) in [6.07, 6.45) is 1.71. The maximum absolute atomic E-state index is 11.8. The first-order valence-electron chi connectivity index (χ1n) is 5.63. The third kappa shape index (κ3) is 2.73. The Balaban J connectivity index is 2.70. The molecule has 0 atom stereocenters. The van der Waals surface area contributed by atoms with E-state index >= 15 is 0 Å². The predicted molar refractivity (Wildman–Crippen MR) is 75.4 cm³/mol. The summed E-state index contributed by atoms with van der Waals surface area (Å²) < 4.78 is 0. The van der Waals surface area contributed by atoms with Gasteiger partial charge in [0, 0.05) is 5.56 Å². The van der Waals surface area contributed by atoms with Crippen molar-refractivity contribution in [3.05, 3.63) is 39.7 Å². The third-order valence-electron chi connectivity index (χ3n) is 2.70. The largest absolute Gasteiger partial charge is 0.507 e. The zero-order chi connectivity index (χ0) is 15.6. The predicted octanol–water partition coefficient (Wildman–Crippen LogP) is 1.43. The first kappa shape index (κ1) is 14.6. The molecule has 21 heavy (non-hydrogen) atoms. The van der Waals surface area contributed by atoms with Gasteiger partial charge in [0.05, 0.1) is 5.69 Å². The Kier molecular flexibility index (Phi) is 3.95. The number of carbonyl (C=O) groups is 1. The number of hydrogen-bond acceptors (Lipinski definition) is 6. The van der Waals surface area contributed by atoms with E-state index < -0.39 is 17.3 Å². The van der Waals surface area contributed by atoms with Crippen molar-refractivity contribution in [1.29, 1.82) is 5.26 Å². The van der Waals surface area contributed by atoms with Gasteiger partial charge in [0.1, 0.15) is 22.9 Å². The Morgan fingerprint density at radius 3 is 2.71 bits per heavy atom. The van der Waals surface area contributed by atoms with E-state index in [0.717, 1.165) is 6.07 Å². The van der Waals surface area contributed by atoms with Crippen molar-refractivity contribution in [2.45, 2.75) is 5.16 Å². The number of hydrogen-bond donors (Lipinski definition) is 3. The van der Waals surface area contributed by atoms with Crippen molar-refractivity contribution in [1.82, 2.24) is 9.97 Å². The van der Waals surface area contributed by atoms with Gasteiger partial charge in [-0.3, -0.25) is 4.79 Å². The molecule has 0 aliphatic heterocycles. The van der Waals surface area contributed by atoms with E-state index in [4.69, 9.17) is 10.4 Å². The van der Waals surface area contributed by atoms with Gasteiger partial charge in [-0.15, -0.1) is 0 Å². The molecular weight excluding hydrogens is 294 g/mol. The monoisotopic (exact) mass is 303 g/mol. The van der Waals surface area contributed by atoms with Crippen molar-refractivity contribution in [3.8, 4) is 23.1 Å². The number of thioether (sulfide) groups is 1. The average molecular weight is 303 g/mol. The fourth-order valence-electron chi connectivity index (χ4n) is 1.72. The number of nitrogens with zero attached hydrogens (tertiary/aromatic N) is 2. The number of nitrogens with one attached hydrogen (secondary N) is 1. The summed E-state index contributed by atoms with van der Waals surface area (Å²) in [7, 11) is 0. The Morgan fingerprint density at radius 2 is 2.19 bits per heavy atom. The Morgan fingerprint density at radius 1 is 1.48 bits per heavy atom. The summed E-state index contributed by atoms with van der Waals surface area (Å²) in [5.41, 5.74) is -0.676. The highest BCUT2D eigenvalue weighted by atomic mass is 32.2. The Bertz CT molecular complexity index is 823. The molecule has 0 saturated heterocycles. The summed E-state index contributed by atoms with van der Waals surface area (Å²) in [6, 6.07) is 5.49. The molecule has 1 aromatic carbocycles. The molecular formula is C13H9N3O4S. The lowest BCUT2D eigenvalue weighted by Gasteiger charge is -2.07.